The molecule has 0 fully saturated rings. The van der Waals surface area contributed by atoms with E-state index in [9.17, 15) is 5.11 Å². The third kappa shape index (κ3) is 5.15. The summed E-state index contributed by atoms with van der Waals surface area (Å²) in [7, 11) is 0. The summed E-state index contributed by atoms with van der Waals surface area (Å²) in [4.78, 5) is 2.10. The van der Waals surface area contributed by atoms with E-state index < -0.39 is 6.10 Å². The molecule has 86 valence electrons. The highest BCUT2D eigenvalue weighted by Gasteiger charge is 2.17. The molecule has 0 heterocycles. The summed E-state index contributed by atoms with van der Waals surface area (Å²) in [5.74, 6) is 0.252. The Bertz CT molecular complexity index is 131. The van der Waals surface area contributed by atoms with Crippen molar-refractivity contribution in [1.29, 1.82) is 0 Å². The van der Waals surface area contributed by atoms with Crippen molar-refractivity contribution in [2.24, 2.45) is 0 Å². The Labute approximate surface area is 91.7 Å². The zero-order valence-corrected chi connectivity index (χ0v) is 9.87. The van der Waals surface area contributed by atoms with Crippen molar-refractivity contribution < 1.29 is 10.2 Å². The Morgan fingerprint density at radius 2 is 1.86 bits per heavy atom. The fourth-order valence-electron chi connectivity index (χ4n) is 1.68. The highest BCUT2D eigenvalue weighted by atomic mass is 35.5. The third-order valence-corrected chi connectivity index (χ3v) is 2.83. The number of hydrogen-bond donors (Lipinski definition) is 2. The molecule has 0 bridgehead atoms. The van der Waals surface area contributed by atoms with Crippen LogP contribution in [-0.4, -0.2) is 52.8 Å². The molecule has 0 aromatic carbocycles. The fraction of sp³-hybridized carbons (Fsp3) is 1.00. The van der Waals surface area contributed by atoms with Gasteiger partial charge in [0.1, 0.15) is 0 Å². The van der Waals surface area contributed by atoms with Crippen LogP contribution in [-0.2, 0) is 0 Å². The van der Waals surface area contributed by atoms with E-state index in [4.69, 9.17) is 16.7 Å². The van der Waals surface area contributed by atoms with Crippen molar-refractivity contribution in [3.8, 4) is 0 Å². The van der Waals surface area contributed by atoms with E-state index in [0.29, 0.717) is 19.1 Å². The van der Waals surface area contributed by atoms with Crippen LogP contribution in [0.2, 0.25) is 0 Å². The molecule has 0 spiro atoms. The lowest BCUT2D eigenvalue weighted by Crippen LogP contribution is -2.42. The van der Waals surface area contributed by atoms with Crippen LogP contribution in [0.1, 0.15) is 26.7 Å². The first-order chi connectivity index (χ1) is 6.69. The maximum absolute atomic E-state index is 9.44. The Hall–Kier alpha value is 0.170. The van der Waals surface area contributed by atoms with Crippen molar-refractivity contribution in [3.63, 3.8) is 0 Å². The number of aliphatic hydroxyl groups is 2. The molecule has 0 aliphatic heterocycles. The summed E-state index contributed by atoms with van der Waals surface area (Å²) in [6, 6.07) is 0.431. The third-order valence-electron chi connectivity index (χ3n) is 2.47. The molecule has 0 aromatic heterocycles. The van der Waals surface area contributed by atoms with Gasteiger partial charge in [0.15, 0.2) is 0 Å². The predicted octanol–water partition coefficient (Wildman–Crippen LogP) is 1.07. The van der Waals surface area contributed by atoms with Crippen LogP contribution in [0.3, 0.4) is 0 Å². The number of nitrogens with zero attached hydrogens (tertiary/aromatic N) is 1. The minimum atomic E-state index is -0.496. The summed E-state index contributed by atoms with van der Waals surface area (Å²) >= 11 is 5.55. The van der Waals surface area contributed by atoms with E-state index in [0.717, 1.165) is 12.8 Å². The van der Waals surface area contributed by atoms with Gasteiger partial charge < -0.3 is 10.2 Å². The molecular weight excluding hydrogens is 202 g/mol. The van der Waals surface area contributed by atoms with Gasteiger partial charge in [0.2, 0.25) is 0 Å². The molecule has 0 radical (unpaired) electrons. The highest BCUT2D eigenvalue weighted by molar-refractivity contribution is 6.18. The average molecular weight is 224 g/mol. The first kappa shape index (κ1) is 14.2. The molecule has 0 rings (SSSR count). The van der Waals surface area contributed by atoms with Gasteiger partial charge in [0, 0.05) is 25.0 Å². The van der Waals surface area contributed by atoms with Gasteiger partial charge in [-0.3, -0.25) is 4.90 Å². The Morgan fingerprint density at radius 3 is 2.21 bits per heavy atom. The molecule has 3 nitrogen and oxygen atoms in total. The van der Waals surface area contributed by atoms with Crippen LogP contribution in [0.4, 0.5) is 0 Å². The van der Waals surface area contributed by atoms with Gasteiger partial charge in [-0.15, -0.1) is 11.6 Å². The molecule has 14 heavy (non-hydrogen) atoms. The summed E-state index contributed by atoms with van der Waals surface area (Å²) in [6.07, 6.45) is 1.57. The molecular formula is C10H22ClNO2. The van der Waals surface area contributed by atoms with E-state index in [1.165, 1.54) is 0 Å². The lowest BCUT2D eigenvalue weighted by molar-refractivity contribution is 0.0805. The standard InChI is InChI=1S/C10H22ClNO2/c1-3-9(4-2)12(5-6-13)8-10(14)7-11/h9-10,13-14H,3-8H2,1-2H3. The van der Waals surface area contributed by atoms with E-state index in [-0.39, 0.29) is 12.5 Å². The first-order valence-corrected chi connectivity index (χ1v) is 5.81. The Kier molecular flexibility index (Phi) is 8.58. The van der Waals surface area contributed by atoms with Crippen molar-refractivity contribution in [2.75, 3.05) is 25.6 Å². The molecule has 0 aliphatic carbocycles. The zero-order valence-electron chi connectivity index (χ0n) is 9.12. The summed E-state index contributed by atoms with van der Waals surface area (Å²) < 4.78 is 0. The van der Waals surface area contributed by atoms with Crippen LogP contribution in [0.25, 0.3) is 0 Å². The lowest BCUT2D eigenvalue weighted by Gasteiger charge is -2.31. The van der Waals surface area contributed by atoms with Crippen molar-refractivity contribution in [2.45, 2.75) is 38.8 Å². The van der Waals surface area contributed by atoms with E-state index in [2.05, 4.69) is 18.7 Å². The predicted molar refractivity (Wildman–Crippen MR) is 59.8 cm³/mol. The van der Waals surface area contributed by atoms with Gasteiger partial charge in [0.05, 0.1) is 12.7 Å². The van der Waals surface area contributed by atoms with Crippen LogP contribution < -0.4 is 0 Å². The van der Waals surface area contributed by atoms with Gasteiger partial charge in [-0.25, -0.2) is 0 Å². The summed E-state index contributed by atoms with van der Waals surface area (Å²) in [6.45, 7) is 5.53. The van der Waals surface area contributed by atoms with Crippen LogP contribution >= 0.6 is 11.6 Å². The summed E-state index contributed by atoms with van der Waals surface area (Å²) in [5.41, 5.74) is 0. The average Bonchev–Trinajstić information content (AvgIpc) is 2.19. The van der Waals surface area contributed by atoms with E-state index in [1.54, 1.807) is 0 Å². The normalized spacial score (nSPS) is 13.9. The zero-order chi connectivity index (χ0) is 11.0. The molecule has 0 saturated heterocycles. The summed E-state index contributed by atoms with van der Waals surface area (Å²) in [5, 5.41) is 18.3. The number of hydrogen-bond acceptors (Lipinski definition) is 3. The topological polar surface area (TPSA) is 43.7 Å². The van der Waals surface area contributed by atoms with Gasteiger partial charge in [-0.05, 0) is 12.8 Å². The second-order valence-corrected chi connectivity index (χ2v) is 3.81. The van der Waals surface area contributed by atoms with Crippen LogP contribution in [0.5, 0.6) is 0 Å². The Balaban J connectivity index is 4.10. The van der Waals surface area contributed by atoms with Gasteiger partial charge in [-0.1, -0.05) is 13.8 Å². The molecule has 0 saturated carbocycles. The van der Waals surface area contributed by atoms with Crippen molar-refractivity contribution in [1.82, 2.24) is 4.90 Å². The molecule has 0 aliphatic rings. The molecule has 0 amide bonds. The molecule has 1 unspecified atom stereocenters. The molecule has 2 N–H and O–H groups in total. The smallest absolute Gasteiger partial charge is 0.0802 e. The second-order valence-electron chi connectivity index (χ2n) is 3.50. The van der Waals surface area contributed by atoms with Crippen molar-refractivity contribution >= 4 is 11.6 Å². The first-order valence-electron chi connectivity index (χ1n) is 5.28. The maximum Gasteiger partial charge on any atom is 0.0802 e. The monoisotopic (exact) mass is 223 g/mol. The quantitative estimate of drug-likeness (QED) is 0.605. The lowest BCUT2D eigenvalue weighted by atomic mass is 10.1. The van der Waals surface area contributed by atoms with Gasteiger partial charge >= 0.3 is 0 Å². The van der Waals surface area contributed by atoms with Crippen molar-refractivity contribution in [3.05, 3.63) is 0 Å². The number of halogens is 1. The highest BCUT2D eigenvalue weighted by Crippen LogP contribution is 2.09. The molecule has 1 atom stereocenters. The van der Waals surface area contributed by atoms with Gasteiger partial charge in [-0.2, -0.15) is 0 Å². The second kappa shape index (κ2) is 8.48. The van der Waals surface area contributed by atoms with E-state index >= 15 is 0 Å². The van der Waals surface area contributed by atoms with Crippen LogP contribution in [0, 0.1) is 0 Å². The largest absolute Gasteiger partial charge is 0.395 e. The van der Waals surface area contributed by atoms with Gasteiger partial charge in [0.25, 0.3) is 0 Å². The number of rotatable bonds is 8. The van der Waals surface area contributed by atoms with E-state index in [1.807, 2.05) is 0 Å². The minimum Gasteiger partial charge on any atom is -0.395 e. The minimum absolute atomic E-state index is 0.130. The Morgan fingerprint density at radius 1 is 1.29 bits per heavy atom. The number of alkyl halides is 1. The number of aliphatic hydroxyl groups excluding tert-OH is 2. The molecule has 4 heteroatoms. The maximum atomic E-state index is 9.44. The molecule has 0 aromatic rings. The van der Waals surface area contributed by atoms with Crippen LogP contribution in [0.15, 0.2) is 0 Å². The SMILES string of the molecule is CCC(CC)N(CCO)CC(O)CCl. The fourth-order valence-corrected chi connectivity index (χ4v) is 1.77.